The zero-order chi connectivity index (χ0) is 11.9. The zero-order valence-corrected chi connectivity index (χ0v) is 8.90. The van der Waals surface area contributed by atoms with E-state index in [4.69, 9.17) is 5.11 Å². The fraction of sp³-hybridized carbons (Fsp3) is 0.417. The molecule has 0 heterocycles. The Morgan fingerprint density at radius 2 is 2.06 bits per heavy atom. The number of benzene rings is 1. The van der Waals surface area contributed by atoms with Crippen molar-refractivity contribution >= 4 is 5.97 Å². The van der Waals surface area contributed by atoms with Gasteiger partial charge in [0.15, 0.2) is 6.10 Å². The maximum Gasteiger partial charge on any atom is 0.333 e. The van der Waals surface area contributed by atoms with Crippen LogP contribution < -0.4 is 0 Å². The Morgan fingerprint density at radius 3 is 2.50 bits per heavy atom. The Labute approximate surface area is 92.5 Å². The second-order valence-electron chi connectivity index (χ2n) is 4.41. The molecule has 0 aliphatic heterocycles. The fourth-order valence-corrected chi connectivity index (χ4v) is 2.11. The molecule has 1 fully saturated rings. The number of aryl methyl sites for hydroxylation is 1. The lowest BCUT2D eigenvalue weighted by Gasteiger charge is -2.19. The summed E-state index contributed by atoms with van der Waals surface area (Å²) < 4.78 is 13.2. The number of carboxylic acid groups (broad SMARTS) is 1. The molecule has 0 aromatic heterocycles. The highest BCUT2D eigenvalue weighted by Crippen LogP contribution is 2.51. The summed E-state index contributed by atoms with van der Waals surface area (Å²) in [4.78, 5) is 10.8. The highest BCUT2D eigenvalue weighted by atomic mass is 19.1. The predicted octanol–water partition coefficient (Wildman–Crippen LogP) is 1.61. The Balaban J connectivity index is 2.40. The molecule has 3 nitrogen and oxygen atoms in total. The van der Waals surface area contributed by atoms with Crippen LogP contribution in [0.15, 0.2) is 18.2 Å². The molecule has 1 aromatic carbocycles. The molecule has 86 valence electrons. The molecule has 1 aliphatic carbocycles. The lowest BCUT2D eigenvalue weighted by atomic mass is 9.89. The summed E-state index contributed by atoms with van der Waals surface area (Å²) in [6.45, 7) is 1.75. The van der Waals surface area contributed by atoms with Crippen LogP contribution in [0.4, 0.5) is 4.39 Å². The topological polar surface area (TPSA) is 57.5 Å². The highest BCUT2D eigenvalue weighted by molar-refractivity contribution is 5.75. The van der Waals surface area contributed by atoms with E-state index >= 15 is 0 Å². The summed E-state index contributed by atoms with van der Waals surface area (Å²) in [5.74, 6) is -1.64. The Bertz CT molecular complexity index is 418. The molecule has 4 heteroatoms. The summed E-state index contributed by atoms with van der Waals surface area (Å²) >= 11 is 0. The van der Waals surface area contributed by atoms with Gasteiger partial charge in [0.2, 0.25) is 0 Å². The lowest BCUT2D eigenvalue weighted by molar-refractivity contribution is -0.148. The average molecular weight is 224 g/mol. The van der Waals surface area contributed by atoms with Gasteiger partial charge in [-0.25, -0.2) is 9.18 Å². The molecular formula is C12H13FO3. The third-order valence-corrected chi connectivity index (χ3v) is 3.16. The molecule has 0 amide bonds. The van der Waals surface area contributed by atoms with E-state index in [1.54, 1.807) is 13.0 Å². The molecule has 0 bridgehead atoms. The molecular weight excluding hydrogens is 211 g/mol. The zero-order valence-electron chi connectivity index (χ0n) is 8.90. The second-order valence-corrected chi connectivity index (χ2v) is 4.41. The van der Waals surface area contributed by atoms with Crippen LogP contribution in [0.3, 0.4) is 0 Å². The van der Waals surface area contributed by atoms with E-state index in [9.17, 15) is 14.3 Å². The van der Waals surface area contributed by atoms with Crippen LogP contribution in [0.5, 0.6) is 0 Å². The van der Waals surface area contributed by atoms with E-state index in [1.165, 1.54) is 12.1 Å². The van der Waals surface area contributed by atoms with Gasteiger partial charge in [-0.15, -0.1) is 0 Å². The monoisotopic (exact) mass is 224 g/mol. The summed E-state index contributed by atoms with van der Waals surface area (Å²) in [7, 11) is 0. The van der Waals surface area contributed by atoms with Crippen molar-refractivity contribution in [1.29, 1.82) is 0 Å². The SMILES string of the molecule is Cc1cc(F)cc(C2(C(O)C(=O)O)CC2)c1. The molecule has 1 aliphatic rings. The number of rotatable bonds is 3. The van der Waals surface area contributed by atoms with Gasteiger partial charge in [-0.1, -0.05) is 6.07 Å². The summed E-state index contributed by atoms with van der Waals surface area (Å²) in [5.41, 5.74) is 0.539. The van der Waals surface area contributed by atoms with Crippen molar-refractivity contribution in [3.8, 4) is 0 Å². The van der Waals surface area contributed by atoms with Gasteiger partial charge in [0.1, 0.15) is 5.82 Å². The average Bonchev–Trinajstić information content (AvgIpc) is 2.95. The first-order chi connectivity index (χ1) is 7.45. The van der Waals surface area contributed by atoms with E-state index in [1.807, 2.05) is 0 Å². The molecule has 1 saturated carbocycles. The van der Waals surface area contributed by atoms with Gasteiger partial charge in [-0.3, -0.25) is 0 Å². The van der Waals surface area contributed by atoms with E-state index in [0.717, 1.165) is 5.56 Å². The first kappa shape index (κ1) is 11.1. The molecule has 1 unspecified atom stereocenters. The van der Waals surface area contributed by atoms with Crippen molar-refractivity contribution in [2.45, 2.75) is 31.3 Å². The van der Waals surface area contributed by atoms with Crippen LogP contribution in [0.1, 0.15) is 24.0 Å². The van der Waals surface area contributed by atoms with Gasteiger partial charge in [0.25, 0.3) is 0 Å². The molecule has 0 saturated heterocycles. The molecule has 0 radical (unpaired) electrons. The van der Waals surface area contributed by atoms with Crippen molar-refractivity contribution in [3.05, 3.63) is 35.1 Å². The van der Waals surface area contributed by atoms with Gasteiger partial charge in [0, 0.05) is 5.41 Å². The summed E-state index contributed by atoms with van der Waals surface area (Å²) in [5, 5.41) is 18.4. The van der Waals surface area contributed by atoms with Crippen molar-refractivity contribution in [1.82, 2.24) is 0 Å². The van der Waals surface area contributed by atoms with Crippen LogP contribution in [0, 0.1) is 12.7 Å². The molecule has 0 spiro atoms. The third kappa shape index (κ3) is 1.69. The van der Waals surface area contributed by atoms with Crippen molar-refractivity contribution in [2.75, 3.05) is 0 Å². The third-order valence-electron chi connectivity index (χ3n) is 3.16. The van der Waals surface area contributed by atoms with E-state index in [0.29, 0.717) is 18.4 Å². The molecule has 16 heavy (non-hydrogen) atoms. The second kappa shape index (κ2) is 3.56. The van der Waals surface area contributed by atoms with Gasteiger partial charge in [-0.05, 0) is 43.0 Å². The number of aliphatic carboxylic acids is 1. The Hall–Kier alpha value is -1.42. The van der Waals surface area contributed by atoms with Crippen molar-refractivity contribution in [3.63, 3.8) is 0 Å². The highest BCUT2D eigenvalue weighted by Gasteiger charge is 2.53. The minimum atomic E-state index is -1.45. The number of hydrogen-bond acceptors (Lipinski definition) is 2. The maximum atomic E-state index is 13.2. The first-order valence-electron chi connectivity index (χ1n) is 5.14. The number of aliphatic hydroxyl groups excluding tert-OH is 1. The number of carbonyl (C=O) groups is 1. The molecule has 2 rings (SSSR count). The largest absolute Gasteiger partial charge is 0.479 e. The number of hydrogen-bond donors (Lipinski definition) is 2. The Morgan fingerprint density at radius 1 is 1.44 bits per heavy atom. The minimum Gasteiger partial charge on any atom is -0.479 e. The van der Waals surface area contributed by atoms with Crippen LogP contribution >= 0.6 is 0 Å². The van der Waals surface area contributed by atoms with Gasteiger partial charge < -0.3 is 10.2 Å². The quantitative estimate of drug-likeness (QED) is 0.820. The van der Waals surface area contributed by atoms with Crippen LogP contribution in [-0.2, 0) is 10.2 Å². The molecule has 1 aromatic rings. The van der Waals surface area contributed by atoms with Crippen LogP contribution in [0.25, 0.3) is 0 Å². The minimum absolute atomic E-state index is 0.390. The predicted molar refractivity (Wildman–Crippen MR) is 55.7 cm³/mol. The maximum absolute atomic E-state index is 13.2. The lowest BCUT2D eigenvalue weighted by Crippen LogP contribution is -2.33. The molecule has 2 N–H and O–H groups in total. The standard InChI is InChI=1S/C12H13FO3/c1-7-4-8(6-9(13)5-7)12(2-3-12)10(14)11(15)16/h4-6,10,14H,2-3H2,1H3,(H,15,16). The van der Waals surface area contributed by atoms with E-state index < -0.39 is 17.5 Å². The number of aliphatic hydroxyl groups is 1. The summed E-state index contributed by atoms with van der Waals surface area (Å²) in [6, 6.07) is 4.43. The number of carboxylic acids is 1. The van der Waals surface area contributed by atoms with Crippen LogP contribution in [-0.4, -0.2) is 22.3 Å². The van der Waals surface area contributed by atoms with Gasteiger partial charge in [-0.2, -0.15) is 0 Å². The van der Waals surface area contributed by atoms with Crippen LogP contribution in [0.2, 0.25) is 0 Å². The summed E-state index contributed by atoms with van der Waals surface area (Å²) in [6.07, 6.45) is -0.277. The van der Waals surface area contributed by atoms with Crippen molar-refractivity contribution in [2.24, 2.45) is 0 Å². The molecule has 1 atom stereocenters. The normalized spacial score (nSPS) is 19.2. The van der Waals surface area contributed by atoms with Crippen molar-refractivity contribution < 1.29 is 19.4 Å². The van der Waals surface area contributed by atoms with E-state index in [2.05, 4.69) is 0 Å². The fourth-order valence-electron chi connectivity index (χ4n) is 2.11. The Kier molecular flexibility index (Phi) is 2.46. The number of halogens is 1. The first-order valence-corrected chi connectivity index (χ1v) is 5.14. The van der Waals surface area contributed by atoms with E-state index in [-0.39, 0.29) is 5.82 Å². The smallest absolute Gasteiger partial charge is 0.333 e. The van der Waals surface area contributed by atoms with Gasteiger partial charge >= 0.3 is 5.97 Å². The van der Waals surface area contributed by atoms with Gasteiger partial charge in [0.05, 0.1) is 0 Å².